The van der Waals surface area contributed by atoms with Gasteiger partial charge in [0.1, 0.15) is 16.8 Å². The fourth-order valence-corrected chi connectivity index (χ4v) is 3.98. The largest absolute Gasteiger partial charge is 0.493 e. The topological polar surface area (TPSA) is 62.5 Å². The van der Waals surface area contributed by atoms with Gasteiger partial charge in [-0.25, -0.2) is 0 Å². The Morgan fingerprint density at radius 1 is 1.33 bits per heavy atom. The molecule has 1 aromatic carbocycles. The summed E-state index contributed by atoms with van der Waals surface area (Å²) in [5.41, 5.74) is -1.32. The average molecular weight is 287 g/mol. The molecule has 1 saturated carbocycles. The van der Waals surface area contributed by atoms with E-state index in [1.54, 1.807) is 7.11 Å². The minimum absolute atomic E-state index is 0.308. The average Bonchev–Trinajstić information content (AvgIpc) is 2.54. The van der Waals surface area contributed by atoms with Crippen molar-refractivity contribution in [2.45, 2.75) is 49.2 Å². The van der Waals surface area contributed by atoms with E-state index in [0.717, 1.165) is 24.8 Å². The first-order valence-corrected chi connectivity index (χ1v) is 7.57. The van der Waals surface area contributed by atoms with Gasteiger partial charge < -0.3 is 14.6 Å². The van der Waals surface area contributed by atoms with Crippen LogP contribution in [0.4, 0.5) is 0 Å². The summed E-state index contributed by atoms with van der Waals surface area (Å²) in [4.78, 5) is 0. The third-order valence-electron chi connectivity index (χ3n) is 5.10. The second-order valence-corrected chi connectivity index (χ2v) is 6.01. The highest BCUT2D eigenvalue weighted by Crippen LogP contribution is 2.51. The number of hydrogen-bond donors (Lipinski definition) is 1. The molecule has 1 heterocycles. The van der Waals surface area contributed by atoms with E-state index in [0.29, 0.717) is 25.2 Å². The van der Waals surface area contributed by atoms with Gasteiger partial charge in [-0.3, -0.25) is 0 Å². The van der Waals surface area contributed by atoms with Gasteiger partial charge in [-0.15, -0.1) is 0 Å². The lowest BCUT2D eigenvalue weighted by atomic mass is 9.59. The first-order valence-electron chi connectivity index (χ1n) is 7.57. The summed E-state index contributed by atoms with van der Waals surface area (Å²) in [5.74, 6) is 0.708. The maximum Gasteiger partial charge on any atom is 0.124 e. The zero-order valence-corrected chi connectivity index (χ0v) is 12.3. The Morgan fingerprint density at radius 3 is 2.90 bits per heavy atom. The highest BCUT2D eigenvalue weighted by molar-refractivity contribution is 5.49. The molecule has 1 fully saturated rings. The summed E-state index contributed by atoms with van der Waals surface area (Å²) in [7, 11) is 1.62. The molecule has 1 N–H and O–H groups in total. The van der Waals surface area contributed by atoms with Crippen molar-refractivity contribution in [3.05, 3.63) is 29.8 Å². The van der Waals surface area contributed by atoms with Crippen LogP contribution in [0.15, 0.2) is 24.3 Å². The van der Waals surface area contributed by atoms with Crippen LogP contribution < -0.4 is 4.74 Å². The summed E-state index contributed by atoms with van der Waals surface area (Å²) in [6, 6.07) is 10.00. The van der Waals surface area contributed by atoms with E-state index in [-0.39, 0.29) is 6.10 Å². The molecule has 0 amide bonds. The van der Waals surface area contributed by atoms with Gasteiger partial charge in [0.05, 0.1) is 18.8 Å². The fraction of sp³-hybridized carbons (Fsp3) is 0.588. The van der Waals surface area contributed by atoms with Gasteiger partial charge in [0, 0.05) is 19.1 Å². The van der Waals surface area contributed by atoms with E-state index < -0.39 is 11.0 Å². The Morgan fingerprint density at radius 2 is 2.14 bits per heavy atom. The summed E-state index contributed by atoms with van der Waals surface area (Å²) >= 11 is 0. The maximum atomic E-state index is 11.5. The van der Waals surface area contributed by atoms with Crippen molar-refractivity contribution in [3.8, 4) is 11.8 Å². The second-order valence-electron chi connectivity index (χ2n) is 6.01. The summed E-state index contributed by atoms with van der Waals surface area (Å²) in [6.07, 6.45) is 3.52. The standard InChI is InChI=1S/C17H21NO3/c1-20-15-8-4-5-9-17(15,19)16(12-18)10-11-21-14-7-3-2-6-13(14)16/h2-3,6-7,15,19H,4-5,8-11H2,1H3. The lowest BCUT2D eigenvalue weighted by Gasteiger charge is -2.50. The van der Waals surface area contributed by atoms with Crippen LogP contribution in [0.25, 0.3) is 0 Å². The molecule has 0 radical (unpaired) electrons. The van der Waals surface area contributed by atoms with Crippen LogP contribution >= 0.6 is 0 Å². The number of aliphatic hydroxyl groups is 1. The molecule has 0 bridgehead atoms. The molecule has 3 atom stereocenters. The first-order chi connectivity index (χ1) is 10.2. The van der Waals surface area contributed by atoms with Crippen LogP contribution in [0.1, 0.15) is 37.7 Å². The molecule has 1 aliphatic heterocycles. The Kier molecular flexibility index (Phi) is 3.64. The summed E-state index contributed by atoms with van der Waals surface area (Å²) in [6.45, 7) is 0.448. The maximum absolute atomic E-state index is 11.5. The van der Waals surface area contributed by atoms with E-state index in [2.05, 4.69) is 6.07 Å². The monoisotopic (exact) mass is 287 g/mol. The number of nitriles is 1. The van der Waals surface area contributed by atoms with Gasteiger partial charge in [0.2, 0.25) is 0 Å². The second kappa shape index (κ2) is 5.32. The smallest absolute Gasteiger partial charge is 0.124 e. The van der Waals surface area contributed by atoms with Crippen LogP contribution in [0, 0.1) is 11.3 Å². The molecule has 3 unspecified atom stereocenters. The van der Waals surface area contributed by atoms with E-state index in [1.807, 2.05) is 24.3 Å². The molecule has 1 aromatic rings. The van der Waals surface area contributed by atoms with Crippen molar-refractivity contribution in [1.82, 2.24) is 0 Å². The molecular weight excluding hydrogens is 266 g/mol. The van der Waals surface area contributed by atoms with Gasteiger partial charge in [0.15, 0.2) is 0 Å². The van der Waals surface area contributed by atoms with Gasteiger partial charge >= 0.3 is 0 Å². The molecule has 4 heteroatoms. The van der Waals surface area contributed by atoms with Crippen LogP contribution in [0.5, 0.6) is 5.75 Å². The Bertz CT molecular complexity index is 567. The minimum atomic E-state index is -1.16. The number of benzene rings is 1. The Balaban J connectivity index is 2.15. The van der Waals surface area contributed by atoms with Crippen LogP contribution in [-0.4, -0.2) is 30.5 Å². The fourth-order valence-electron chi connectivity index (χ4n) is 3.98. The molecule has 4 nitrogen and oxygen atoms in total. The molecular formula is C17H21NO3. The molecule has 0 aromatic heterocycles. The number of hydrogen-bond acceptors (Lipinski definition) is 4. The number of methoxy groups -OCH3 is 1. The highest BCUT2D eigenvalue weighted by Gasteiger charge is 2.59. The number of ether oxygens (including phenoxy) is 2. The predicted molar refractivity (Wildman–Crippen MR) is 78.1 cm³/mol. The number of rotatable bonds is 2. The SMILES string of the molecule is COC1CCCCC1(O)C1(C#N)CCOc2ccccc21. The third-order valence-corrected chi connectivity index (χ3v) is 5.10. The van der Waals surface area contributed by atoms with Gasteiger partial charge in [-0.1, -0.05) is 31.0 Å². The van der Waals surface area contributed by atoms with Crippen molar-refractivity contribution in [2.24, 2.45) is 0 Å². The third kappa shape index (κ3) is 1.96. The normalized spacial score (nSPS) is 35.4. The highest BCUT2D eigenvalue weighted by atomic mass is 16.5. The molecule has 0 saturated heterocycles. The van der Waals surface area contributed by atoms with E-state index in [4.69, 9.17) is 9.47 Å². The lowest BCUT2D eigenvalue weighted by molar-refractivity contribution is -0.154. The zero-order chi connectivity index (χ0) is 14.9. The van der Waals surface area contributed by atoms with E-state index in [9.17, 15) is 10.4 Å². The molecule has 3 rings (SSSR count). The van der Waals surface area contributed by atoms with Gasteiger partial charge in [0.25, 0.3) is 0 Å². The molecule has 112 valence electrons. The van der Waals surface area contributed by atoms with Gasteiger partial charge in [-0.2, -0.15) is 5.26 Å². The Hall–Kier alpha value is -1.57. The van der Waals surface area contributed by atoms with Crippen molar-refractivity contribution >= 4 is 0 Å². The number of fused-ring (bicyclic) bond motifs is 1. The van der Waals surface area contributed by atoms with Crippen LogP contribution in [0.2, 0.25) is 0 Å². The van der Waals surface area contributed by atoms with Gasteiger partial charge in [-0.05, 0) is 18.9 Å². The van der Waals surface area contributed by atoms with Crippen molar-refractivity contribution in [2.75, 3.05) is 13.7 Å². The minimum Gasteiger partial charge on any atom is -0.493 e. The molecule has 1 aliphatic carbocycles. The first kappa shape index (κ1) is 14.4. The van der Waals surface area contributed by atoms with Crippen molar-refractivity contribution < 1.29 is 14.6 Å². The van der Waals surface area contributed by atoms with Crippen LogP contribution in [0.3, 0.4) is 0 Å². The molecule has 21 heavy (non-hydrogen) atoms. The van der Waals surface area contributed by atoms with E-state index >= 15 is 0 Å². The lowest BCUT2D eigenvalue weighted by Crippen LogP contribution is -2.61. The predicted octanol–water partition coefficient (Wildman–Crippen LogP) is 2.55. The molecule has 2 aliphatic rings. The van der Waals surface area contributed by atoms with Crippen molar-refractivity contribution in [1.29, 1.82) is 5.26 Å². The number of para-hydroxylation sites is 1. The molecule has 0 spiro atoms. The summed E-state index contributed by atoms with van der Waals surface area (Å²) in [5, 5.41) is 21.4. The van der Waals surface area contributed by atoms with Crippen molar-refractivity contribution in [3.63, 3.8) is 0 Å². The quantitative estimate of drug-likeness (QED) is 0.908. The Labute approximate surface area is 125 Å². The van der Waals surface area contributed by atoms with Crippen LogP contribution in [-0.2, 0) is 10.2 Å². The van der Waals surface area contributed by atoms with E-state index in [1.165, 1.54) is 0 Å². The summed E-state index contributed by atoms with van der Waals surface area (Å²) < 4.78 is 11.2. The zero-order valence-electron chi connectivity index (χ0n) is 12.3. The number of nitrogens with zero attached hydrogens (tertiary/aromatic N) is 1.